The van der Waals surface area contributed by atoms with E-state index in [2.05, 4.69) is 15.5 Å². The molecule has 2 aromatic rings. The van der Waals surface area contributed by atoms with Gasteiger partial charge in [-0.2, -0.15) is 4.98 Å². The third-order valence-corrected chi connectivity index (χ3v) is 3.17. The lowest BCUT2D eigenvalue weighted by molar-refractivity contribution is 0.191. The standard InChI is InChI=1S/C12H13N4O4/c17-9-5-10(13-6-9)12-14-11(15-20-12)7-2-1-3-8(4-7)16(18)19/h1-4,9-10,13,17-18H,5-6H2/q-1/t9-,10+/m1/s1. The first-order valence-electron chi connectivity index (χ1n) is 6.15. The number of aliphatic hydroxyl groups excluding tert-OH is 1. The summed E-state index contributed by atoms with van der Waals surface area (Å²) in [5.41, 5.74) is 0.647. The van der Waals surface area contributed by atoms with Gasteiger partial charge in [-0.15, -0.1) is 0 Å². The van der Waals surface area contributed by atoms with Crippen molar-refractivity contribution in [2.24, 2.45) is 0 Å². The Labute approximate surface area is 114 Å². The van der Waals surface area contributed by atoms with Gasteiger partial charge < -0.3 is 25.4 Å². The summed E-state index contributed by atoms with van der Waals surface area (Å²) in [5.74, 6) is 0.719. The summed E-state index contributed by atoms with van der Waals surface area (Å²) < 4.78 is 5.16. The van der Waals surface area contributed by atoms with Crippen LogP contribution in [0.15, 0.2) is 28.8 Å². The molecular formula is C12H13N4O4-. The Hall–Kier alpha value is -2.00. The molecule has 2 heterocycles. The first-order valence-corrected chi connectivity index (χ1v) is 6.15. The van der Waals surface area contributed by atoms with Gasteiger partial charge >= 0.3 is 0 Å². The summed E-state index contributed by atoms with van der Waals surface area (Å²) >= 11 is 0. The predicted molar refractivity (Wildman–Crippen MR) is 68.7 cm³/mol. The fourth-order valence-corrected chi connectivity index (χ4v) is 2.16. The smallest absolute Gasteiger partial charge is 0.244 e. The van der Waals surface area contributed by atoms with E-state index in [4.69, 9.17) is 9.73 Å². The van der Waals surface area contributed by atoms with Crippen LogP contribution in [-0.2, 0) is 0 Å². The summed E-state index contributed by atoms with van der Waals surface area (Å²) in [6, 6.07) is 6.08. The Balaban J connectivity index is 1.84. The molecule has 0 bridgehead atoms. The fourth-order valence-electron chi connectivity index (χ4n) is 2.16. The number of nitrogens with zero attached hydrogens (tertiary/aromatic N) is 3. The number of aliphatic hydroxyl groups is 1. The van der Waals surface area contributed by atoms with Crippen molar-refractivity contribution in [3.63, 3.8) is 0 Å². The average molecular weight is 277 g/mol. The zero-order valence-electron chi connectivity index (χ0n) is 10.4. The Morgan fingerprint density at radius 1 is 1.45 bits per heavy atom. The summed E-state index contributed by atoms with van der Waals surface area (Å²) in [6.45, 7) is 0.494. The number of rotatable bonds is 3. The zero-order chi connectivity index (χ0) is 14.1. The molecular weight excluding hydrogens is 264 g/mol. The minimum Gasteiger partial charge on any atom is -0.733 e. The molecule has 20 heavy (non-hydrogen) atoms. The van der Waals surface area contributed by atoms with Crippen LogP contribution in [-0.4, -0.2) is 33.1 Å². The number of β-amino-alcohol motifs (C(OH)–C–C–N with tert-alkyl or cyclic N) is 1. The molecule has 0 amide bonds. The Morgan fingerprint density at radius 2 is 2.30 bits per heavy atom. The molecule has 106 valence electrons. The van der Waals surface area contributed by atoms with E-state index in [0.29, 0.717) is 30.2 Å². The lowest BCUT2D eigenvalue weighted by Crippen LogP contribution is -2.15. The lowest BCUT2D eigenvalue weighted by Gasteiger charge is -2.21. The van der Waals surface area contributed by atoms with Crippen LogP contribution in [0.25, 0.3) is 11.4 Å². The average Bonchev–Trinajstić information content (AvgIpc) is 3.07. The number of nitrogens with one attached hydrogen (secondary N) is 1. The Morgan fingerprint density at radius 3 is 3.00 bits per heavy atom. The first-order chi connectivity index (χ1) is 9.63. The van der Waals surface area contributed by atoms with E-state index in [1.54, 1.807) is 12.1 Å². The van der Waals surface area contributed by atoms with Crippen molar-refractivity contribution in [1.82, 2.24) is 15.5 Å². The summed E-state index contributed by atoms with van der Waals surface area (Å²) in [5, 5.41) is 35.9. The van der Waals surface area contributed by atoms with Gasteiger partial charge in [0.15, 0.2) is 0 Å². The van der Waals surface area contributed by atoms with Crippen molar-refractivity contribution < 1.29 is 14.8 Å². The number of anilines is 1. The minimum absolute atomic E-state index is 0.0864. The topological polar surface area (TPSA) is 118 Å². The number of hydrogen-bond acceptors (Lipinski definition) is 8. The van der Waals surface area contributed by atoms with E-state index in [1.807, 2.05) is 0 Å². The molecule has 1 aliphatic heterocycles. The molecule has 3 N–H and O–H groups in total. The molecule has 1 aromatic heterocycles. The first kappa shape index (κ1) is 13.0. The number of hydrogen-bond donors (Lipinski definition) is 3. The van der Waals surface area contributed by atoms with E-state index in [0.717, 1.165) is 0 Å². The predicted octanol–water partition coefficient (Wildman–Crippen LogP) is 0.825. The van der Waals surface area contributed by atoms with Crippen molar-refractivity contribution >= 4 is 5.69 Å². The Kier molecular flexibility index (Phi) is 3.36. The highest BCUT2D eigenvalue weighted by Crippen LogP contribution is 2.26. The fraction of sp³-hybridized carbons (Fsp3) is 0.333. The maximum absolute atomic E-state index is 10.8. The maximum Gasteiger partial charge on any atom is 0.244 e. The highest BCUT2D eigenvalue weighted by molar-refractivity contribution is 5.62. The maximum atomic E-state index is 10.8. The van der Waals surface area contributed by atoms with Gasteiger partial charge in [0.2, 0.25) is 11.7 Å². The second kappa shape index (κ2) is 5.17. The van der Waals surface area contributed by atoms with Crippen LogP contribution in [0.3, 0.4) is 0 Å². The van der Waals surface area contributed by atoms with E-state index in [9.17, 15) is 10.3 Å². The molecule has 0 spiro atoms. The molecule has 0 radical (unpaired) electrons. The molecule has 2 atom stereocenters. The monoisotopic (exact) mass is 277 g/mol. The number of aromatic nitrogens is 2. The van der Waals surface area contributed by atoms with Crippen molar-refractivity contribution in [3.05, 3.63) is 35.4 Å². The van der Waals surface area contributed by atoms with Gasteiger partial charge in [0, 0.05) is 12.1 Å². The number of benzene rings is 1. The van der Waals surface area contributed by atoms with Gasteiger partial charge in [-0.25, -0.2) is 0 Å². The van der Waals surface area contributed by atoms with Gasteiger partial charge in [0.25, 0.3) is 0 Å². The highest BCUT2D eigenvalue weighted by atomic mass is 16.8. The molecule has 8 heteroatoms. The van der Waals surface area contributed by atoms with Gasteiger partial charge in [-0.3, -0.25) is 5.21 Å². The third kappa shape index (κ3) is 2.49. The summed E-state index contributed by atoms with van der Waals surface area (Å²) in [6.07, 6.45) is 0.106. The van der Waals surface area contributed by atoms with E-state index < -0.39 is 6.10 Å². The molecule has 0 unspecified atom stereocenters. The van der Waals surface area contributed by atoms with Crippen LogP contribution < -0.4 is 10.5 Å². The van der Waals surface area contributed by atoms with Gasteiger partial charge in [-0.1, -0.05) is 17.3 Å². The van der Waals surface area contributed by atoms with E-state index in [-0.39, 0.29) is 17.0 Å². The van der Waals surface area contributed by atoms with Crippen LogP contribution in [0.1, 0.15) is 18.4 Å². The molecule has 1 aromatic carbocycles. The van der Waals surface area contributed by atoms with Crippen LogP contribution in [0.5, 0.6) is 0 Å². The quantitative estimate of drug-likeness (QED) is 0.706. The second-order valence-corrected chi connectivity index (χ2v) is 4.63. The van der Waals surface area contributed by atoms with Crippen molar-refractivity contribution in [2.75, 3.05) is 11.8 Å². The van der Waals surface area contributed by atoms with E-state index in [1.165, 1.54) is 12.1 Å². The van der Waals surface area contributed by atoms with Gasteiger partial charge in [0.1, 0.15) is 0 Å². The molecule has 1 aliphatic rings. The molecule has 8 nitrogen and oxygen atoms in total. The van der Waals surface area contributed by atoms with Gasteiger partial charge in [-0.05, 0) is 18.6 Å². The van der Waals surface area contributed by atoms with Crippen molar-refractivity contribution in [1.29, 1.82) is 0 Å². The summed E-state index contributed by atoms with van der Waals surface area (Å²) in [4.78, 5) is 4.24. The third-order valence-electron chi connectivity index (χ3n) is 3.17. The zero-order valence-corrected chi connectivity index (χ0v) is 10.4. The largest absolute Gasteiger partial charge is 0.733 e. The molecule has 1 fully saturated rings. The normalized spacial score (nSPS) is 22.1. The molecule has 1 saturated heterocycles. The Bertz CT molecular complexity index is 601. The van der Waals surface area contributed by atoms with Gasteiger partial charge in [0.05, 0.1) is 17.8 Å². The lowest BCUT2D eigenvalue weighted by atomic mass is 10.2. The van der Waals surface area contributed by atoms with Crippen LogP contribution >= 0.6 is 0 Å². The van der Waals surface area contributed by atoms with Crippen LogP contribution in [0.4, 0.5) is 5.69 Å². The van der Waals surface area contributed by atoms with Crippen molar-refractivity contribution in [3.8, 4) is 11.4 Å². The SMILES string of the molecule is [O-]N(O)c1cccc(-c2noc([C@@H]3C[C@@H](O)CN3)n2)c1. The summed E-state index contributed by atoms with van der Waals surface area (Å²) in [7, 11) is 0. The molecule has 3 rings (SSSR count). The van der Waals surface area contributed by atoms with Crippen LogP contribution in [0.2, 0.25) is 0 Å². The molecule has 0 saturated carbocycles. The minimum atomic E-state index is -0.415. The van der Waals surface area contributed by atoms with E-state index >= 15 is 0 Å². The van der Waals surface area contributed by atoms with Crippen LogP contribution in [0, 0.1) is 5.21 Å². The van der Waals surface area contributed by atoms with Crippen molar-refractivity contribution in [2.45, 2.75) is 18.6 Å². The molecule has 0 aliphatic carbocycles. The highest BCUT2D eigenvalue weighted by Gasteiger charge is 2.28. The second-order valence-electron chi connectivity index (χ2n) is 4.63.